The van der Waals surface area contributed by atoms with E-state index in [9.17, 15) is 22.8 Å². The van der Waals surface area contributed by atoms with E-state index in [2.05, 4.69) is 30.5 Å². The Balaban J connectivity index is 1.16. The lowest BCUT2D eigenvalue weighted by Gasteiger charge is -2.29. The summed E-state index contributed by atoms with van der Waals surface area (Å²) in [6, 6.07) is 10.1. The number of rotatable bonds is 8. The van der Waals surface area contributed by atoms with Crippen LogP contribution in [0.25, 0.3) is 11.0 Å². The molecule has 1 aliphatic carbocycles. The van der Waals surface area contributed by atoms with Crippen LogP contribution in [-0.2, 0) is 16.4 Å². The largest absolute Gasteiger partial charge is 0.493 e. The van der Waals surface area contributed by atoms with Crippen LogP contribution in [-0.4, -0.2) is 58.4 Å². The molecule has 0 atom stereocenters. The first-order valence-electron chi connectivity index (χ1n) is 14.6. The van der Waals surface area contributed by atoms with Gasteiger partial charge in [0.2, 0.25) is 5.91 Å². The molecule has 9 nitrogen and oxygen atoms in total. The molecule has 12 heteroatoms. The zero-order chi connectivity index (χ0) is 31.1. The zero-order valence-electron chi connectivity index (χ0n) is 24.4. The molecule has 0 unspecified atom stereocenters. The Bertz CT molecular complexity index is 1710. The first-order valence-corrected chi connectivity index (χ1v) is 14.6. The molecule has 44 heavy (non-hydrogen) atoms. The number of nitrogens with one attached hydrogen (secondary N) is 3. The molecule has 6 rings (SSSR count). The van der Waals surface area contributed by atoms with Crippen LogP contribution in [0.3, 0.4) is 0 Å². The summed E-state index contributed by atoms with van der Waals surface area (Å²) in [7, 11) is 2.02. The molecule has 2 aromatic carbocycles. The first kappa shape index (κ1) is 29.6. The monoisotopic (exact) mass is 606 g/mol. The number of amides is 2. The summed E-state index contributed by atoms with van der Waals surface area (Å²) in [6.45, 7) is 3.77. The van der Waals surface area contributed by atoms with Crippen molar-refractivity contribution in [2.45, 2.75) is 44.2 Å². The second-order valence-electron chi connectivity index (χ2n) is 11.7. The number of aromatic nitrogens is 3. The molecule has 2 fully saturated rings. The molecule has 2 aliphatic rings. The van der Waals surface area contributed by atoms with Gasteiger partial charge in [0.15, 0.2) is 0 Å². The summed E-state index contributed by atoms with van der Waals surface area (Å²) in [5.74, 6) is -0.928. The number of H-pyrrole nitrogens is 1. The normalized spacial score (nSPS) is 16.9. The number of nitrogens with zero attached hydrogens (tertiary/aromatic N) is 3. The minimum absolute atomic E-state index is 0.0173. The van der Waals surface area contributed by atoms with Gasteiger partial charge in [0.25, 0.3) is 5.91 Å². The van der Waals surface area contributed by atoms with Crippen LogP contribution in [0.4, 0.5) is 24.5 Å². The molecule has 4 aromatic rings. The number of benzene rings is 2. The van der Waals surface area contributed by atoms with E-state index in [0.29, 0.717) is 29.9 Å². The number of carbonyl (C=O) groups excluding carboxylic acids is 2. The summed E-state index contributed by atoms with van der Waals surface area (Å²) in [5, 5.41) is 6.29. The van der Waals surface area contributed by atoms with Gasteiger partial charge in [-0.15, -0.1) is 0 Å². The van der Waals surface area contributed by atoms with E-state index in [0.717, 1.165) is 42.9 Å². The maximum atomic E-state index is 14.0. The van der Waals surface area contributed by atoms with Gasteiger partial charge in [-0.05, 0) is 101 Å². The molecule has 230 valence electrons. The van der Waals surface area contributed by atoms with E-state index in [1.54, 1.807) is 25.3 Å². The molecule has 2 aromatic heterocycles. The van der Waals surface area contributed by atoms with Gasteiger partial charge in [-0.25, -0.2) is 9.97 Å². The number of fused-ring (bicyclic) bond motifs is 1. The van der Waals surface area contributed by atoms with Gasteiger partial charge in [-0.1, -0.05) is 6.07 Å². The number of ether oxygens (including phenoxy) is 1. The highest BCUT2D eigenvalue weighted by Crippen LogP contribution is 2.50. The highest BCUT2D eigenvalue weighted by Gasteiger charge is 2.53. The molecule has 0 spiro atoms. The quantitative estimate of drug-likeness (QED) is 0.229. The molecule has 3 N–H and O–H groups in total. The van der Waals surface area contributed by atoms with Gasteiger partial charge in [-0.2, -0.15) is 13.2 Å². The van der Waals surface area contributed by atoms with Crippen molar-refractivity contribution in [3.05, 3.63) is 77.4 Å². The maximum Gasteiger partial charge on any atom is 0.420 e. The third-order valence-electron chi connectivity index (χ3n) is 8.60. The number of piperidine rings is 1. The van der Waals surface area contributed by atoms with Gasteiger partial charge in [-0.3, -0.25) is 9.59 Å². The van der Waals surface area contributed by atoms with Crippen LogP contribution in [0, 0.1) is 12.8 Å². The van der Waals surface area contributed by atoms with E-state index >= 15 is 0 Å². The fourth-order valence-electron chi connectivity index (χ4n) is 5.68. The fraction of sp³-hybridized carbons (Fsp3) is 0.375. The standard InChI is InChI=1S/C32H33F3N6O3/c1-19-3-4-21(15-25(19)40-30(43)31(10-11-31)27-23-7-12-36-28(23)38-18-37-27)29(42)39-22-5-6-26(24(16-22)32(33,34)35)44-17-20-8-13-41(2)14-9-20/h3-7,12,15-16,18,20H,8-11,13-14,17H2,1-2H3,(H,39,42)(H,40,43)(H,36,37,38). The molecule has 0 bridgehead atoms. The summed E-state index contributed by atoms with van der Waals surface area (Å²) in [4.78, 5) is 40.5. The molecule has 1 saturated heterocycles. The highest BCUT2D eigenvalue weighted by atomic mass is 19.4. The van der Waals surface area contributed by atoms with Crippen molar-refractivity contribution in [2.75, 3.05) is 37.4 Å². The van der Waals surface area contributed by atoms with Crippen LogP contribution in [0.5, 0.6) is 5.75 Å². The van der Waals surface area contributed by atoms with Crippen molar-refractivity contribution in [1.29, 1.82) is 0 Å². The number of alkyl halides is 3. The van der Waals surface area contributed by atoms with Crippen LogP contribution in [0.1, 0.15) is 52.9 Å². The van der Waals surface area contributed by atoms with Crippen LogP contribution < -0.4 is 15.4 Å². The van der Waals surface area contributed by atoms with Crippen LogP contribution in [0.15, 0.2) is 55.0 Å². The van der Waals surface area contributed by atoms with Crippen molar-refractivity contribution in [2.24, 2.45) is 5.92 Å². The van der Waals surface area contributed by atoms with Crippen molar-refractivity contribution in [3.63, 3.8) is 0 Å². The number of anilines is 2. The lowest BCUT2D eigenvalue weighted by molar-refractivity contribution is -0.139. The van der Waals surface area contributed by atoms with Gasteiger partial charge in [0.1, 0.15) is 17.7 Å². The Labute approximate surface area is 252 Å². The van der Waals surface area contributed by atoms with E-state index in [-0.39, 0.29) is 35.4 Å². The van der Waals surface area contributed by atoms with E-state index in [4.69, 9.17) is 4.74 Å². The molecule has 1 aliphatic heterocycles. The lowest BCUT2D eigenvalue weighted by atomic mass is 9.98. The number of likely N-dealkylation sites (tertiary alicyclic amines) is 1. The summed E-state index contributed by atoms with van der Waals surface area (Å²) < 4.78 is 47.5. The number of aromatic amines is 1. The van der Waals surface area contributed by atoms with Gasteiger partial charge in [0.05, 0.1) is 23.3 Å². The average molecular weight is 607 g/mol. The smallest absolute Gasteiger partial charge is 0.420 e. The Morgan fingerprint density at radius 2 is 1.84 bits per heavy atom. The SMILES string of the molecule is Cc1ccc(C(=O)Nc2ccc(OCC3CCN(C)CC3)c(C(F)(F)F)c2)cc1NC(=O)C1(c2ncnc3[nH]ccc23)CC1. The first-order chi connectivity index (χ1) is 21.0. The van der Waals surface area contributed by atoms with Crippen molar-refractivity contribution in [3.8, 4) is 5.75 Å². The van der Waals surface area contributed by atoms with Crippen molar-refractivity contribution in [1.82, 2.24) is 19.9 Å². The predicted molar refractivity (Wildman–Crippen MR) is 160 cm³/mol. The van der Waals surface area contributed by atoms with Crippen LogP contribution in [0.2, 0.25) is 0 Å². The molecular weight excluding hydrogens is 573 g/mol. The molecule has 0 radical (unpaired) electrons. The number of halogens is 3. The molecule has 3 heterocycles. The number of hydrogen-bond acceptors (Lipinski definition) is 6. The van der Waals surface area contributed by atoms with E-state index in [1.807, 2.05) is 13.1 Å². The number of aryl methyl sites for hydroxylation is 1. The van der Waals surface area contributed by atoms with E-state index in [1.165, 1.54) is 24.5 Å². The van der Waals surface area contributed by atoms with Gasteiger partial charge >= 0.3 is 6.18 Å². The number of carbonyl (C=O) groups is 2. The Kier molecular flexibility index (Phi) is 7.79. The minimum Gasteiger partial charge on any atom is -0.493 e. The van der Waals surface area contributed by atoms with Gasteiger partial charge in [0, 0.05) is 28.5 Å². The summed E-state index contributed by atoms with van der Waals surface area (Å²) in [6.07, 6.45) is 1.47. The Hall–Kier alpha value is -4.45. The molecule has 1 saturated carbocycles. The van der Waals surface area contributed by atoms with Gasteiger partial charge < -0.3 is 25.3 Å². The van der Waals surface area contributed by atoms with Crippen LogP contribution >= 0.6 is 0 Å². The lowest BCUT2D eigenvalue weighted by Crippen LogP contribution is -2.32. The summed E-state index contributed by atoms with van der Waals surface area (Å²) in [5.41, 5.74) is 0.864. The second-order valence-corrected chi connectivity index (χ2v) is 11.7. The highest BCUT2D eigenvalue weighted by molar-refractivity contribution is 6.07. The molecule has 2 amide bonds. The average Bonchev–Trinajstić information content (AvgIpc) is 3.67. The van der Waals surface area contributed by atoms with E-state index < -0.39 is 23.1 Å². The predicted octanol–water partition coefficient (Wildman–Crippen LogP) is 5.93. The topological polar surface area (TPSA) is 112 Å². The third kappa shape index (κ3) is 5.99. The summed E-state index contributed by atoms with van der Waals surface area (Å²) >= 11 is 0. The Morgan fingerprint density at radius 3 is 2.57 bits per heavy atom. The zero-order valence-corrected chi connectivity index (χ0v) is 24.4. The number of hydrogen-bond donors (Lipinski definition) is 3. The maximum absolute atomic E-state index is 14.0. The fourth-order valence-corrected chi connectivity index (χ4v) is 5.68. The minimum atomic E-state index is -4.67. The molecular formula is C32H33F3N6O3. The third-order valence-corrected chi connectivity index (χ3v) is 8.60. The van der Waals surface area contributed by atoms with Crippen molar-refractivity contribution < 1.29 is 27.5 Å². The second kappa shape index (κ2) is 11.6. The Morgan fingerprint density at radius 1 is 1.07 bits per heavy atom. The van der Waals surface area contributed by atoms with Crippen molar-refractivity contribution >= 4 is 34.2 Å².